The fourth-order valence-electron chi connectivity index (χ4n) is 1.64. The van der Waals surface area contributed by atoms with Gasteiger partial charge < -0.3 is 15.0 Å². The first kappa shape index (κ1) is 15.0. The minimum absolute atomic E-state index is 0.0752. The van der Waals surface area contributed by atoms with E-state index in [0.717, 1.165) is 11.3 Å². The van der Waals surface area contributed by atoms with Crippen molar-refractivity contribution in [2.45, 2.75) is 19.9 Å². The van der Waals surface area contributed by atoms with E-state index in [9.17, 15) is 9.59 Å². The van der Waals surface area contributed by atoms with Crippen LogP contribution in [0, 0.1) is 6.92 Å². The quantitative estimate of drug-likeness (QED) is 0.840. The molecule has 0 saturated carbocycles. The van der Waals surface area contributed by atoms with Crippen molar-refractivity contribution in [3.8, 4) is 0 Å². The lowest BCUT2D eigenvalue weighted by Crippen LogP contribution is -2.28. The summed E-state index contributed by atoms with van der Waals surface area (Å²) in [6.07, 6.45) is 0. The van der Waals surface area contributed by atoms with E-state index < -0.39 is 6.04 Å². The van der Waals surface area contributed by atoms with Crippen molar-refractivity contribution in [2.24, 2.45) is 0 Å². The summed E-state index contributed by atoms with van der Waals surface area (Å²) in [4.78, 5) is 24.8. The predicted octanol–water partition coefficient (Wildman–Crippen LogP) is 1.67. The Balaban J connectivity index is 2.98. The van der Waals surface area contributed by atoms with Crippen LogP contribution < -0.4 is 5.32 Å². The molecule has 0 radical (unpaired) electrons. The first-order chi connectivity index (χ1) is 8.86. The van der Waals surface area contributed by atoms with Gasteiger partial charge in [-0.3, -0.25) is 4.79 Å². The Morgan fingerprint density at radius 1 is 1.32 bits per heavy atom. The number of aryl methyl sites for hydroxylation is 1. The third kappa shape index (κ3) is 3.71. The smallest absolute Gasteiger partial charge is 0.327 e. The number of nitrogens with one attached hydrogen (secondary N) is 1. The highest BCUT2D eigenvalue weighted by molar-refractivity contribution is 5.95. The van der Waals surface area contributed by atoms with E-state index in [4.69, 9.17) is 0 Å². The lowest BCUT2D eigenvalue weighted by molar-refractivity contribution is -0.141. The summed E-state index contributed by atoms with van der Waals surface area (Å²) in [7, 11) is 4.75. The van der Waals surface area contributed by atoms with E-state index in [0.29, 0.717) is 5.56 Å². The minimum atomic E-state index is -0.464. The summed E-state index contributed by atoms with van der Waals surface area (Å²) in [6, 6.07) is 4.90. The molecule has 1 atom stereocenters. The van der Waals surface area contributed by atoms with Crippen LogP contribution in [0.3, 0.4) is 0 Å². The molecular formula is C14H20N2O3. The number of nitrogens with zero attached hydrogens (tertiary/aromatic N) is 1. The topological polar surface area (TPSA) is 58.6 Å². The van der Waals surface area contributed by atoms with Crippen molar-refractivity contribution in [1.29, 1.82) is 0 Å². The van der Waals surface area contributed by atoms with Crippen LogP contribution in [0.5, 0.6) is 0 Å². The Kier molecular flexibility index (Phi) is 4.92. The molecule has 1 rings (SSSR count). The zero-order valence-electron chi connectivity index (χ0n) is 12.0. The highest BCUT2D eigenvalue weighted by Crippen LogP contribution is 2.19. The highest BCUT2D eigenvalue weighted by Gasteiger charge is 2.15. The van der Waals surface area contributed by atoms with Gasteiger partial charge in [-0.15, -0.1) is 0 Å². The van der Waals surface area contributed by atoms with E-state index in [1.165, 1.54) is 12.0 Å². The van der Waals surface area contributed by atoms with Crippen LogP contribution in [0.15, 0.2) is 18.2 Å². The molecule has 0 aliphatic rings. The number of carbonyl (C=O) groups excluding carboxylic acids is 2. The molecule has 0 heterocycles. The zero-order chi connectivity index (χ0) is 14.6. The second-order valence-corrected chi connectivity index (χ2v) is 4.62. The van der Waals surface area contributed by atoms with Gasteiger partial charge in [0.15, 0.2) is 0 Å². The van der Waals surface area contributed by atoms with Gasteiger partial charge in [0, 0.05) is 25.3 Å². The normalized spacial score (nSPS) is 11.6. The SMILES string of the molecule is COC(=O)C(C)Nc1cc(C(=O)N(C)C)ccc1C. The molecule has 5 nitrogen and oxygen atoms in total. The molecule has 0 bridgehead atoms. The van der Waals surface area contributed by atoms with Gasteiger partial charge >= 0.3 is 5.97 Å². The summed E-state index contributed by atoms with van der Waals surface area (Å²) >= 11 is 0. The van der Waals surface area contributed by atoms with Crippen LogP contribution in [0.1, 0.15) is 22.8 Å². The molecule has 19 heavy (non-hydrogen) atoms. The van der Waals surface area contributed by atoms with Gasteiger partial charge in [-0.25, -0.2) is 4.79 Å². The number of esters is 1. The van der Waals surface area contributed by atoms with Crippen molar-refractivity contribution in [1.82, 2.24) is 4.90 Å². The maximum absolute atomic E-state index is 11.9. The van der Waals surface area contributed by atoms with E-state index in [-0.39, 0.29) is 11.9 Å². The number of amides is 1. The van der Waals surface area contributed by atoms with E-state index >= 15 is 0 Å². The summed E-state index contributed by atoms with van der Waals surface area (Å²) in [5.74, 6) is -0.419. The van der Waals surface area contributed by atoms with Crippen LogP contribution in [0.2, 0.25) is 0 Å². The number of benzene rings is 1. The largest absolute Gasteiger partial charge is 0.467 e. The van der Waals surface area contributed by atoms with Crippen molar-refractivity contribution in [3.63, 3.8) is 0 Å². The number of carbonyl (C=O) groups is 2. The van der Waals surface area contributed by atoms with E-state index in [1.807, 2.05) is 13.0 Å². The summed E-state index contributed by atoms with van der Waals surface area (Å²) < 4.78 is 4.66. The monoisotopic (exact) mass is 264 g/mol. The average molecular weight is 264 g/mol. The molecular weight excluding hydrogens is 244 g/mol. The molecule has 1 N–H and O–H groups in total. The molecule has 0 spiro atoms. The Labute approximate surface area is 113 Å². The first-order valence-electron chi connectivity index (χ1n) is 6.03. The number of methoxy groups -OCH3 is 1. The van der Waals surface area contributed by atoms with Crippen LogP contribution >= 0.6 is 0 Å². The number of hydrogen-bond donors (Lipinski definition) is 1. The Morgan fingerprint density at radius 3 is 2.47 bits per heavy atom. The van der Waals surface area contributed by atoms with Gasteiger partial charge in [-0.1, -0.05) is 6.07 Å². The summed E-state index contributed by atoms with van der Waals surface area (Å²) in [5.41, 5.74) is 2.30. The lowest BCUT2D eigenvalue weighted by Gasteiger charge is -2.17. The van der Waals surface area contributed by atoms with Crippen LogP contribution in [-0.4, -0.2) is 44.0 Å². The van der Waals surface area contributed by atoms with Gasteiger partial charge in [-0.05, 0) is 31.5 Å². The Hall–Kier alpha value is -2.04. The Bertz CT molecular complexity index is 484. The predicted molar refractivity (Wildman–Crippen MR) is 74.3 cm³/mol. The van der Waals surface area contributed by atoms with Gasteiger partial charge in [0.1, 0.15) is 6.04 Å². The van der Waals surface area contributed by atoms with Crippen LogP contribution in [0.25, 0.3) is 0 Å². The van der Waals surface area contributed by atoms with Crippen LogP contribution in [0.4, 0.5) is 5.69 Å². The summed E-state index contributed by atoms with van der Waals surface area (Å²) in [5, 5.41) is 3.05. The standard InChI is InChI=1S/C14H20N2O3/c1-9-6-7-11(13(17)16(3)4)8-12(9)15-10(2)14(18)19-5/h6-8,10,15H,1-5H3. The third-order valence-corrected chi connectivity index (χ3v) is 2.82. The molecule has 104 valence electrons. The molecule has 0 aromatic heterocycles. The van der Waals surface area contributed by atoms with Crippen LogP contribution in [-0.2, 0) is 9.53 Å². The molecule has 1 aromatic rings. The fourth-order valence-corrected chi connectivity index (χ4v) is 1.64. The fraction of sp³-hybridized carbons (Fsp3) is 0.429. The maximum Gasteiger partial charge on any atom is 0.327 e. The molecule has 1 aromatic carbocycles. The molecule has 0 saturated heterocycles. The third-order valence-electron chi connectivity index (χ3n) is 2.82. The van der Waals surface area contributed by atoms with E-state index in [2.05, 4.69) is 10.1 Å². The highest BCUT2D eigenvalue weighted by atomic mass is 16.5. The Morgan fingerprint density at radius 2 is 1.95 bits per heavy atom. The molecule has 0 fully saturated rings. The summed E-state index contributed by atoms with van der Waals surface area (Å²) in [6.45, 7) is 3.63. The van der Waals surface area contributed by atoms with Crippen molar-refractivity contribution in [2.75, 3.05) is 26.5 Å². The number of rotatable bonds is 4. The lowest BCUT2D eigenvalue weighted by atomic mass is 10.1. The molecule has 1 unspecified atom stereocenters. The second-order valence-electron chi connectivity index (χ2n) is 4.62. The number of ether oxygens (including phenoxy) is 1. The molecule has 5 heteroatoms. The average Bonchev–Trinajstić information content (AvgIpc) is 2.39. The van der Waals surface area contributed by atoms with Gasteiger partial charge in [-0.2, -0.15) is 0 Å². The molecule has 0 aliphatic carbocycles. The van der Waals surface area contributed by atoms with Gasteiger partial charge in [0.2, 0.25) is 0 Å². The zero-order valence-corrected chi connectivity index (χ0v) is 12.0. The minimum Gasteiger partial charge on any atom is -0.467 e. The molecule has 0 aliphatic heterocycles. The number of anilines is 1. The first-order valence-corrected chi connectivity index (χ1v) is 6.03. The second kappa shape index (κ2) is 6.22. The van der Waals surface area contributed by atoms with Crippen molar-refractivity contribution >= 4 is 17.6 Å². The van der Waals surface area contributed by atoms with Gasteiger partial charge in [0.25, 0.3) is 5.91 Å². The van der Waals surface area contributed by atoms with Gasteiger partial charge in [0.05, 0.1) is 7.11 Å². The molecule has 1 amide bonds. The van der Waals surface area contributed by atoms with Crippen molar-refractivity contribution < 1.29 is 14.3 Å². The number of hydrogen-bond acceptors (Lipinski definition) is 4. The van der Waals surface area contributed by atoms with E-state index in [1.54, 1.807) is 33.2 Å². The maximum atomic E-state index is 11.9. The van der Waals surface area contributed by atoms with Crippen molar-refractivity contribution in [3.05, 3.63) is 29.3 Å².